The van der Waals surface area contributed by atoms with Gasteiger partial charge in [-0.25, -0.2) is 0 Å². The number of aromatic amines is 1. The molecule has 0 radical (unpaired) electrons. The Morgan fingerprint density at radius 3 is 2.77 bits per heavy atom. The number of thiocarbonyl (C=S) groups is 1. The second-order valence-electron chi connectivity index (χ2n) is 8.12. The molecule has 1 aromatic carbocycles. The van der Waals surface area contributed by atoms with Gasteiger partial charge in [0.1, 0.15) is 5.76 Å². The number of H-pyrrole nitrogens is 1. The van der Waals surface area contributed by atoms with Gasteiger partial charge in [0.05, 0.1) is 19.4 Å². The van der Waals surface area contributed by atoms with E-state index >= 15 is 0 Å². The van der Waals surface area contributed by atoms with Gasteiger partial charge in [-0.2, -0.15) is 0 Å². The van der Waals surface area contributed by atoms with E-state index in [9.17, 15) is 4.79 Å². The Morgan fingerprint density at radius 1 is 1.20 bits per heavy atom. The van der Waals surface area contributed by atoms with E-state index in [1.54, 1.807) is 6.26 Å². The van der Waals surface area contributed by atoms with Crippen molar-refractivity contribution in [2.75, 3.05) is 0 Å². The molecule has 30 heavy (non-hydrogen) atoms. The van der Waals surface area contributed by atoms with Crippen LogP contribution in [-0.2, 0) is 19.5 Å². The summed E-state index contributed by atoms with van der Waals surface area (Å²) in [6.45, 7) is 3.09. The van der Waals surface area contributed by atoms with E-state index in [1.165, 1.54) is 24.8 Å². The number of benzene rings is 1. The number of nitrogens with zero attached hydrogens (tertiary/aromatic N) is 1. The third-order valence-corrected chi connectivity index (χ3v) is 6.28. The van der Waals surface area contributed by atoms with Crippen molar-refractivity contribution in [3.63, 3.8) is 0 Å². The van der Waals surface area contributed by atoms with Gasteiger partial charge in [0.25, 0.3) is 5.56 Å². The smallest absolute Gasteiger partial charge is 0.253 e. The molecule has 0 spiro atoms. The Labute approximate surface area is 182 Å². The zero-order valence-electron chi connectivity index (χ0n) is 17.4. The van der Waals surface area contributed by atoms with Crippen LogP contribution in [0.2, 0.25) is 0 Å². The number of nitrogens with one attached hydrogen (secondary N) is 2. The molecule has 1 aliphatic rings. The molecule has 0 amide bonds. The van der Waals surface area contributed by atoms with Crippen LogP contribution in [-0.4, -0.2) is 21.0 Å². The maximum absolute atomic E-state index is 12.8. The highest BCUT2D eigenvalue weighted by molar-refractivity contribution is 7.80. The van der Waals surface area contributed by atoms with E-state index in [0.717, 1.165) is 35.9 Å². The normalized spacial score (nSPS) is 14.7. The molecular formula is C24H29N3O2S. The predicted octanol–water partition coefficient (Wildman–Crippen LogP) is 4.89. The van der Waals surface area contributed by atoms with Gasteiger partial charge in [0, 0.05) is 17.1 Å². The van der Waals surface area contributed by atoms with Crippen LogP contribution < -0.4 is 10.9 Å². The molecule has 0 bridgehead atoms. The lowest BCUT2D eigenvalue weighted by molar-refractivity contribution is 0.334. The third-order valence-electron chi connectivity index (χ3n) is 5.90. The van der Waals surface area contributed by atoms with Crippen LogP contribution >= 0.6 is 12.2 Å². The van der Waals surface area contributed by atoms with Crippen molar-refractivity contribution >= 4 is 28.2 Å². The molecule has 0 unspecified atom stereocenters. The number of aromatic nitrogens is 1. The Hall–Kier alpha value is -2.60. The number of pyridine rings is 1. The van der Waals surface area contributed by atoms with Crippen molar-refractivity contribution in [1.29, 1.82) is 0 Å². The topological polar surface area (TPSA) is 61.3 Å². The summed E-state index contributed by atoms with van der Waals surface area (Å²) in [6, 6.07) is 12.4. The molecule has 0 atom stereocenters. The molecule has 2 aromatic heterocycles. The lowest BCUT2D eigenvalue weighted by atomic mass is 9.96. The summed E-state index contributed by atoms with van der Waals surface area (Å²) in [4.78, 5) is 17.8. The minimum absolute atomic E-state index is 0.0725. The van der Waals surface area contributed by atoms with Crippen molar-refractivity contribution in [3.8, 4) is 0 Å². The molecule has 158 valence electrons. The van der Waals surface area contributed by atoms with Gasteiger partial charge in [-0.15, -0.1) is 0 Å². The average molecular weight is 424 g/mol. The number of aryl methyl sites for hydroxylation is 1. The molecule has 2 heterocycles. The summed E-state index contributed by atoms with van der Waals surface area (Å²) < 4.78 is 5.56. The van der Waals surface area contributed by atoms with E-state index in [-0.39, 0.29) is 5.56 Å². The summed E-state index contributed by atoms with van der Waals surface area (Å²) in [7, 11) is 0. The Morgan fingerprint density at radius 2 is 2.03 bits per heavy atom. The first-order valence-corrected chi connectivity index (χ1v) is 11.3. The zero-order chi connectivity index (χ0) is 20.9. The third kappa shape index (κ3) is 4.93. The Kier molecular flexibility index (Phi) is 6.53. The molecule has 5 nitrogen and oxygen atoms in total. The summed E-state index contributed by atoms with van der Waals surface area (Å²) in [6.07, 6.45) is 8.69. The fourth-order valence-electron chi connectivity index (χ4n) is 4.15. The van der Waals surface area contributed by atoms with E-state index in [2.05, 4.69) is 29.4 Å². The van der Waals surface area contributed by atoms with Crippen molar-refractivity contribution in [2.24, 2.45) is 0 Å². The fraction of sp³-hybridized carbons (Fsp3) is 0.417. The largest absolute Gasteiger partial charge is 0.467 e. The zero-order valence-corrected chi connectivity index (χ0v) is 18.3. The summed E-state index contributed by atoms with van der Waals surface area (Å²) in [5, 5.41) is 5.26. The second-order valence-corrected chi connectivity index (χ2v) is 8.51. The number of hydrogen-bond donors (Lipinski definition) is 2. The van der Waals surface area contributed by atoms with Crippen molar-refractivity contribution in [3.05, 3.63) is 69.9 Å². The maximum Gasteiger partial charge on any atom is 0.253 e. The standard InChI is InChI=1S/C24H29N3O2S/c1-2-17-10-11-22-18(13-17)14-19(23(28)26-22)15-27(16-21-9-6-12-29-21)24(30)25-20-7-4-3-5-8-20/h6,9-14,20H,2-5,7-8,15-16H2,1H3,(H,25,30)(H,26,28). The lowest BCUT2D eigenvalue weighted by Gasteiger charge is -2.30. The van der Waals surface area contributed by atoms with Gasteiger partial charge in [-0.1, -0.05) is 32.3 Å². The molecule has 1 aliphatic carbocycles. The van der Waals surface area contributed by atoms with Gasteiger partial charge < -0.3 is 19.6 Å². The molecule has 2 N–H and O–H groups in total. The van der Waals surface area contributed by atoms with Gasteiger partial charge in [-0.05, 0) is 72.8 Å². The Bertz CT molecular complexity index is 1050. The van der Waals surface area contributed by atoms with Gasteiger partial charge in [-0.3, -0.25) is 4.79 Å². The van der Waals surface area contributed by atoms with Crippen LogP contribution in [0.5, 0.6) is 0 Å². The quantitative estimate of drug-likeness (QED) is 0.553. The van der Waals surface area contributed by atoms with Crippen LogP contribution in [0.1, 0.15) is 55.9 Å². The SMILES string of the molecule is CCc1ccc2[nH]c(=O)c(CN(Cc3ccco3)C(=S)NC3CCCCC3)cc2c1. The number of furan rings is 1. The number of rotatable bonds is 6. The number of fused-ring (bicyclic) bond motifs is 1. The van der Waals surface area contributed by atoms with Crippen LogP contribution in [0, 0.1) is 0 Å². The first-order chi connectivity index (χ1) is 14.6. The highest BCUT2D eigenvalue weighted by atomic mass is 32.1. The lowest BCUT2D eigenvalue weighted by Crippen LogP contribution is -2.45. The average Bonchev–Trinajstić information content (AvgIpc) is 3.27. The summed E-state index contributed by atoms with van der Waals surface area (Å²) in [5.74, 6) is 0.827. The molecule has 4 rings (SSSR count). The van der Waals surface area contributed by atoms with E-state index in [0.29, 0.717) is 29.8 Å². The molecule has 3 aromatic rings. The molecule has 1 fully saturated rings. The monoisotopic (exact) mass is 423 g/mol. The highest BCUT2D eigenvalue weighted by Gasteiger charge is 2.19. The maximum atomic E-state index is 12.8. The van der Waals surface area contributed by atoms with Crippen molar-refractivity contribution in [1.82, 2.24) is 15.2 Å². The van der Waals surface area contributed by atoms with Crippen molar-refractivity contribution in [2.45, 2.75) is 64.6 Å². The summed E-state index contributed by atoms with van der Waals surface area (Å²) in [5.41, 5.74) is 2.75. The molecule has 0 saturated heterocycles. The number of hydrogen-bond acceptors (Lipinski definition) is 3. The first-order valence-electron chi connectivity index (χ1n) is 10.8. The Balaban J connectivity index is 1.59. The molecular weight excluding hydrogens is 394 g/mol. The van der Waals surface area contributed by atoms with E-state index in [1.807, 2.05) is 29.2 Å². The molecule has 0 aliphatic heterocycles. The van der Waals surface area contributed by atoms with Gasteiger partial charge >= 0.3 is 0 Å². The molecule has 6 heteroatoms. The second kappa shape index (κ2) is 9.47. The fourth-order valence-corrected chi connectivity index (χ4v) is 4.44. The molecule has 1 saturated carbocycles. The minimum atomic E-state index is -0.0725. The van der Waals surface area contributed by atoms with Crippen LogP contribution in [0.3, 0.4) is 0 Å². The van der Waals surface area contributed by atoms with Crippen LogP contribution in [0.15, 0.2) is 51.9 Å². The van der Waals surface area contributed by atoms with E-state index in [4.69, 9.17) is 16.6 Å². The predicted molar refractivity (Wildman–Crippen MR) is 125 cm³/mol. The first kappa shape index (κ1) is 20.7. The minimum Gasteiger partial charge on any atom is -0.467 e. The van der Waals surface area contributed by atoms with E-state index < -0.39 is 0 Å². The van der Waals surface area contributed by atoms with Gasteiger partial charge in [0.2, 0.25) is 0 Å². The van der Waals surface area contributed by atoms with Crippen molar-refractivity contribution < 1.29 is 4.42 Å². The highest BCUT2D eigenvalue weighted by Crippen LogP contribution is 2.19. The van der Waals surface area contributed by atoms with Gasteiger partial charge in [0.15, 0.2) is 5.11 Å². The van der Waals surface area contributed by atoms with Crippen LogP contribution in [0.4, 0.5) is 0 Å². The van der Waals surface area contributed by atoms with Crippen LogP contribution in [0.25, 0.3) is 10.9 Å². The summed E-state index contributed by atoms with van der Waals surface area (Å²) >= 11 is 5.77.